The van der Waals surface area contributed by atoms with Crippen LogP contribution in [-0.4, -0.2) is 26.3 Å². The number of benzene rings is 1. The molecule has 2 aromatic rings. The third-order valence-electron chi connectivity index (χ3n) is 3.40. The summed E-state index contributed by atoms with van der Waals surface area (Å²) in [6, 6.07) is 7.85. The Morgan fingerprint density at radius 1 is 1.39 bits per heavy atom. The van der Waals surface area contributed by atoms with Crippen LogP contribution in [0.5, 0.6) is 0 Å². The summed E-state index contributed by atoms with van der Waals surface area (Å²) in [6.07, 6.45) is 2.74. The van der Waals surface area contributed by atoms with Gasteiger partial charge < -0.3 is 10.1 Å². The first kappa shape index (κ1) is 11.6. The average Bonchev–Trinajstić information content (AvgIpc) is 2.94. The lowest BCUT2D eigenvalue weighted by Crippen LogP contribution is -2.20. The molecule has 0 bridgehead atoms. The van der Waals surface area contributed by atoms with Crippen molar-refractivity contribution in [2.45, 2.75) is 29.7 Å². The Kier molecular flexibility index (Phi) is 2.99. The highest BCUT2D eigenvalue weighted by Crippen LogP contribution is 2.38. The number of thioether (sulfide) groups is 1. The third kappa shape index (κ3) is 2.10. The predicted octanol–water partition coefficient (Wildman–Crippen LogP) is 2.91. The Balaban J connectivity index is 1.81. The van der Waals surface area contributed by atoms with Gasteiger partial charge in [0.1, 0.15) is 0 Å². The molecule has 0 spiro atoms. The molecular formula is C13H14N2O2S. The van der Waals surface area contributed by atoms with Crippen molar-refractivity contribution in [3.63, 3.8) is 0 Å². The van der Waals surface area contributed by atoms with Gasteiger partial charge in [0.25, 0.3) is 0 Å². The molecule has 1 saturated carbocycles. The number of imidazole rings is 1. The van der Waals surface area contributed by atoms with Crippen molar-refractivity contribution in [1.29, 1.82) is 0 Å². The first-order valence-corrected chi connectivity index (χ1v) is 6.96. The molecule has 0 aliphatic heterocycles. The fourth-order valence-electron chi connectivity index (χ4n) is 2.48. The zero-order valence-electron chi connectivity index (χ0n) is 9.80. The lowest BCUT2D eigenvalue weighted by Gasteiger charge is -2.12. The van der Waals surface area contributed by atoms with Gasteiger partial charge in [-0.1, -0.05) is 30.3 Å². The summed E-state index contributed by atoms with van der Waals surface area (Å²) in [4.78, 5) is 18.9. The van der Waals surface area contributed by atoms with Crippen molar-refractivity contribution in [1.82, 2.24) is 9.97 Å². The molecule has 18 heavy (non-hydrogen) atoms. The van der Waals surface area contributed by atoms with Crippen molar-refractivity contribution in [3.05, 3.63) is 24.3 Å². The first-order valence-electron chi connectivity index (χ1n) is 6.08. The highest BCUT2D eigenvalue weighted by Gasteiger charge is 2.34. The SMILES string of the molecule is O=C(O)C1CCCC1Sc1nc2ccccc2[nH]1. The quantitative estimate of drug-likeness (QED) is 0.892. The van der Waals surface area contributed by atoms with E-state index in [0.717, 1.165) is 35.5 Å². The summed E-state index contributed by atoms with van der Waals surface area (Å²) in [6.45, 7) is 0. The lowest BCUT2D eigenvalue weighted by molar-refractivity contribution is -0.141. The number of hydrogen-bond acceptors (Lipinski definition) is 3. The number of carbonyl (C=O) groups is 1. The van der Waals surface area contributed by atoms with E-state index in [9.17, 15) is 4.79 Å². The Bertz CT molecular complexity index is 548. The third-order valence-corrected chi connectivity index (χ3v) is 4.68. The monoisotopic (exact) mass is 262 g/mol. The number of hydrogen-bond donors (Lipinski definition) is 2. The molecule has 1 fully saturated rings. The second-order valence-electron chi connectivity index (χ2n) is 4.59. The number of nitrogens with zero attached hydrogens (tertiary/aromatic N) is 1. The Morgan fingerprint density at radius 3 is 3.00 bits per heavy atom. The number of rotatable bonds is 3. The van der Waals surface area contributed by atoms with Crippen molar-refractivity contribution < 1.29 is 9.90 Å². The van der Waals surface area contributed by atoms with Crippen LogP contribution in [0.2, 0.25) is 0 Å². The topological polar surface area (TPSA) is 66.0 Å². The second kappa shape index (κ2) is 4.65. The van der Waals surface area contributed by atoms with Gasteiger partial charge in [-0.3, -0.25) is 4.79 Å². The van der Waals surface area contributed by atoms with E-state index < -0.39 is 5.97 Å². The zero-order chi connectivity index (χ0) is 12.5. The summed E-state index contributed by atoms with van der Waals surface area (Å²) in [5.74, 6) is -0.913. The van der Waals surface area contributed by atoms with Crippen molar-refractivity contribution in [2.75, 3.05) is 0 Å². The number of carboxylic acids is 1. The van der Waals surface area contributed by atoms with Crippen LogP contribution in [0.25, 0.3) is 11.0 Å². The normalized spacial score (nSPS) is 23.6. The van der Waals surface area contributed by atoms with Crippen LogP contribution in [0, 0.1) is 5.92 Å². The van der Waals surface area contributed by atoms with E-state index in [1.165, 1.54) is 0 Å². The van der Waals surface area contributed by atoms with Crippen LogP contribution in [-0.2, 0) is 4.79 Å². The van der Waals surface area contributed by atoms with Gasteiger partial charge in [0, 0.05) is 5.25 Å². The molecule has 1 aliphatic carbocycles. The molecule has 5 heteroatoms. The van der Waals surface area contributed by atoms with Crippen LogP contribution >= 0.6 is 11.8 Å². The number of carboxylic acid groups (broad SMARTS) is 1. The van der Waals surface area contributed by atoms with Gasteiger partial charge in [0.2, 0.25) is 0 Å². The van der Waals surface area contributed by atoms with Gasteiger partial charge in [-0.25, -0.2) is 4.98 Å². The maximum Gasteiger partial charge on any atom is 0.307 e. The number of aromatic amines is 1. The number of nitrogens with one attached hydrogen (secondary N) is 1. The fourth-order valence-corrected chi connectivity index (χ4v) is 3.79. The average molecular weight is 262 g/mol. The van der Waals surface area contributed by atoms with E-state index in [-0.39, 0.29) is 11.2 Å². The predicted molar refractivity (Wildman–Crippen MR) is 70.7 cm³/mol. The maximum atomic E-state index is 11.1. The van der Waals surface area contributed by atoms with Gasteiger partial charge >= 0.3 is 5.97 Å². The molecule has 3 rings (SSSR count). The van der Waals surface area contributed by atoms with Crippen LogP contribution in [0.15, 0.2) is 29.4 Å². The largest absolute Gasteiger partial charge is 0.481 e. The first-order chi connectivity index (χ1) is 8.74. The molecule has 0 saturated heterocycles. The molecule has 94 valence electrons. The zero-order valence-corrected chi connectivity index (χ0v) is 10.6. The van der Waals surface area contributed by atoms with E-state index in [0.29, 0.717) is 0 Å². The summed E-state index contributed by atoms with van der Waals surface area (Å²) in [5, 5.41) is 10.1. The van der Waals surface area contributed by atoms with Crippen molar-refractivity contribution in [3.8, 4) is 0 Å². The van der Waals surface area contributed by atoms with Gasteiger partial charge in [0.15, 0.2) is 5.16 Å². The Morgan fingerprint density at radius 2 is 2.22 bits per heavy atom. The van der Waals surface area contributed by atoms with E-state index in [1.807, 2.05) is 24.3 Å². The van der Waals surface area contributed by atoms with E-state index in [4.69, 9.17) is 5.11 Å². The van der Waals surface area contributed by atoms with E-state index in [2.05, 4.69) is 9.97 Å². The smallest absolute Gasteiger partial charge is 0.307 e. The minimum atomic E-state index is -0.680. The van der Waals surface area contributed by atoms with E-state index in [1.54, 1.807) is 11.8 Å². The molecule has 0 radical (unpaired) electrons. The van der Waals surface area contributed by atoms with Crippen LogP contribution < -0.4 is 0 Å². The number of fused-ring (bicyclic) bond motifs is 1. The second-order valence-corrected chi connectivity index (χ2v) is 5.82. The molecule has 2 N–H and O–H groups in total. The molecule has 1 aromatic heterocycles. The Hall–Kier alpha value is -1.49. The summed E-state index contributed by atoms with van der Waals surface area (Å²) >= 11 is 1.57. The molecule has 1 aromatic carbocycles. The minimum Gasteiger partial charge on any atom is -0.481 e. The molecule has 2 unspecified atom stereocenters. The summed E-state index contributed by atoms with van der Waals surface area (Å²) in [5.41, 5.74) is 1.94. The number of H-pyrrole nitrogens is 1. The molecule has 4 nitrogen and oxygen atoms in total. The van der Waals surface area contributed by atoms with Crippen molar-refractivity contribution >= 4 is 28.8 Å². The molecular weight excluding hydrogens is 248 g/mol. The number of aliphatic carboxylic acids is 1. The maximum absolute atomic E-state index is 11.1. The molecule has 1 aliphatic rings. The lowest BCUT2D eigenvalue weighted by atomic mass is 10.1. The van der Waals surface area contributed by atoms with Crippen LogP contribution in [0.3, 0.4) is 0 Å². The molecule has 2 atom stereocenters. The summed E-state index contributed by atoms with van der Waals surface area (Å²) < 4.78 is 0. The highest BCUT2D eigenvalue weighted by atomic mass is 32.2. The standard InChI is InChI=1S/C13H14N2O2S/c16-12(17)8-4-3-7-11(8)18-13-14-9-5-1-2-6-10(9)15-13/h1-2,5-6,8,11H,3-4,7H2,(H,14,15)(H,16,17). The number of para-hydroxylation sites is 2. The molecule has 1 heterocycles. The van der Waals surface area contributed by atoms with Crippen LogP contribution in [0.4, 0.5) is 0 Å². The van der Waals surface area contributed by atoms with Gasteiger partial charge in [-0.15, -0.1) is 0 Å². The van der Waals surface area contributed by atoms with Gasteiger partial charge in [-0.2, -0.15) is 0 Å². The van der Waals surface area contributed by atoms with Crippen molar-refractivity contribution in [2.24, 2.45) is 5.92 Å². The highest BCUT2D eigenvalue weighted by molar-refractivity contribution is 7.99. The van der Waals surface area contributed by atoms with E-state index >= 15 is 0 Å². The molecule has 0 amide bonds. The van der Waals surface area contributed by atoms with Gasteiger partial charge in [0.05, 0.1) is 17.0 Å². The number of aromatic nitrogens is 2. The fraction of sp³-hybridized carbons (Fsp3) is 0.385. The van der Waals surface area contributed by atoms with Crippen LogP contribution in [0.1, 0.15) is 19.3 Å². The minimum absolute atomic E-state index is 0.142. The van der Waals surface area contributed by atoms with Gasteiger partial charge in [-0.05, 0) is 25.0 Å². The summed E-state index contributed by atoms with van der Waals surface area (Å²) in [7, 11) is 0. The Labute approximate surface area is 109 Å².